The van der Waals surface area contributed by atoms with Gasteiger partial charge in [0.2, 0.25) is 10.0 Å². The molecule has 1 saturated heterocycles. The maximum Gasteiger partial charge on any atom is 0.264 e. The van der Waals surface area contributed by atoms with Crippen molar-refractivity contribution in [3.8, 4) is 11.1 Å². The van der Waals surface area contributed by atoms with E-state index in [9.17, 15) is 13.2 Å². The van der Waals surface area contributed by atoms with Gasteiger partial charge in [0, 0.05) is 53.3 Å². The molecule has 3 aromatic carbocycles. The second-order valence-electron chi connectivity index (χ2n) is 13.8. The van der Waals surface area contributed by atoms with Crippen LogP contribution in [0.4, 0.5) is 5.69 Å². The van der Waals surface area contributed by atoms with Crippen molar-refractivity contribution in [1.82, 2.24) is 9.62 Å². The molecular formula is C35H39BrClN3O3S. The molecule has 6 nitrogen and oxygen atoms in total. The average Bonchev–Trinajstić information content (AvgIpc) is 2.96. The van der Waals surface area contributed by atoms with Crippen LogP contribution in [-0.4, -0.2) is 55.5 Å². The molecule has 4 aliphatic carbocycles. The zero-order valence-corrected chi connectivity index (χ0v) is 28.0. The Morgan fingerprint density at radius 3 is 2.20 bits per heavy atom. The van der Waals surface area contributed by atoms with E-state index in [1.807, 2.05) is 24.3 Å². The lowest BCUT2D eigenvalue weighted by Crippen LogP contribution is -2.56. The molecule has 2 unspecified atom stereocenters. The van der Waals surface area contributed by atoms with Crippen LogP contribution in [0.3, 0.4) is 0 Å². The van der Waals surface area contributed by atoms with Gasteiger partial charge in [-0.15, -0.1) is 0 Å². The SMILES string of the molecule is O=C(NS(=O)(=O)CC12CC3CC(CC(Br)(C3)C1)C2)c1ccc(N2CCN(Cc3ccccc3-c3ccc(Cl)cc3)CC2)cc1. The van der Waals surface area contributed by atoms with Crippen LogP contribution in [0, 0.1) is 17.3 Å². The Bertz CT molecular complexity index is 1620. The molecule has 1 aliphatic heterocycles. The minimum absolute atomic E-state index is 0.0403. The third-order valence-electron chi connectivity index (χ3n) is 10.3. The van der Waals surface area contributed by atoms with Gasteiger partial charge in [-0.25, -0.2) is 13.1 Å². The van der Waals surface area contributed by atoms with E-state index in [1.165, 1.54) is 23.1 Å². The van der Waals surface area contributed by atoms with Crippen molar-refractivity contribution in [3.63, 3.8) is 0 Å². The topological polar surface area (TPSA) is 69.7 Å². The molecule has 232 valence electrons. The fourth-order valence-corrected chi connectivity index (χ4v) is 12.2. The normalized spacial score (nSPS) is 28.3. The second-order valence-corrected chi connectivity index (χ2v) is 17.6. The number of halogens is 2. The summed E-state index contributed by atoms with van der Waals surface area (Å²) in [5, 5.41) is 0.737. The van der Waals surface area contributed by atoms with Crippen LogP contribution in [0.2, 0.25) is 5.02 Å². The van der Waals surface area contributed by atoms with E-state index in [-0.39, 0.29) is 15.5 Å². The smallest absolute Gasteiger partial charge is 0.264 e. The monoisotopic (exact) mass is 695 g/mol. The zero-order chi connectivity index (χ0) is 30.5. The number of sulfonamides is 1. The highest BCUT2D eigenvalue weighted by atomic mass is 79.9. The van der Waals surface area contributed by atoms with Crippen LogP contribution >= 0.6 is 27.5 Å². The first-order valence-electron chi connectivity index (χ1n) is 15.7. The lowest BCUT2D eigenvalue weighted by Gasteiger charge is -2.60. The van der Waals surface area contributed by atoms with Crippen molar-refractivity contribution in [2.24, 2.45) is 17.3 Å². The van der Waals surface area contributed by atoms with Gasteiger partial charge in [0.1, 0.15) is 0 Å². The average molecular weight is 697 g/mol. The number of benzene rings is 3. The molecule has 1 N–H and O–H groups in total. The number of amides is 1. The summed E-state index contributed by atoms with van der Waals surface area (Å²) < 4.78 is 28.9. The molecule has 1 heterocycles. The molecule has 5 aliphatic rings. The summed E-state index contributed by atoms with van der Waals surface area (Å²) in [6.45, 7) is 4.48. The summed E-state index contributed by atoms with van der Waals surface area (Å²) in [5.41, 5.74) is 4.89. The Kier molecular flexibility index (Phi) is 8.09. The minimum atomic E-state index is -3.75. The van der Waals surface area contributed by atoms with Gasteiger partial charge in [0.25, 0.3) is 5.91 Å². The summed E-state index contributed by atoms with van der Waals surface area (Å²) in [4.78, 5) is 17.8. The van der Waals surface area contributed by atoms with Crippen molar-refractivity contribution in [1.29, 1.82) is 0 Å². The number of hydrogen-bond donors (Lipinski definition) is 1. The van der Waals surface area contributed by atoms with E-state index in [0.717, 1.165) is 75.5 Å². The Morgan fingerprint density at radius 2 is 1.55 bits per heavy atom. The van der Waals surface area contributed by atoms with Crippen molar-refractivity contribution in [2.45, 2.75) is 49.4 Å². The number of rotatable bonds is 8. The summed E-state index contributed by atoms with van der Waals surface area (Å²) >= 11 is 10.1. The highest BCUT2D eigenvalue weighted by molar-refractivity contribution is 9.10. The molecule has 4 saturated carbocycles. The number of hydrogen-bond acceptors (Lipinski definition) is 5. The van der Waals surface area contributed by atoms with E-state index in [4.69, 9.17) is 11.6 Å². The molecule has 2 atom stereocenters. The summed E-state index contributed by atoms with van der Waals surface area (Å²) in [5.74, 6) is 0.694. The third kappa shape index (κ3) is 6.46. The Balaban J connectivity index is 0.938. The first-order valence-corrected chi connectivity index (χ1v) is 18.5. The molecule has 3 aromatic rings. The predicted octanol–water partition coefficient (Wildman–Crippen LogP) is 7.12. The van der Waals surface area contributed by atoms with Crippen molar-refractivity contribution < 1.29 is 13.2 Å². The molecule has 1 amide bonds. The number of anilines is 1. The molecular weight excluding hydrogens is 658 g/mol. The van der Waals surface area contributed by atoms with Gasteiger partial charge in [-0.3, -0.25) is 9.69 Å². The van der Waals surface area contributed by atoms with Crippen LogP contribution in [0.25, 0.3) is 11.1 Å². The van der Waals surface area contributed by atoms with Crippen LogP contribution in [0.1, 0.15) is 54.4 Å². The van der Waals surface area contributed by atoms with Gasteiger partial charge in [0.05, 0.1) is 5.75 Å². The maximum atomic E-state index is 13.2. The Hall–Kier alpha value is -2.39. The van der Waals surface area contributed by atoms with Gasteiger partial charge in [0.15, 0.2) is 0 Å². The highest BCUT2D eigenvalue weighted by Crippen LogP contribution is 2.64. The fourth-order valence-electron chi connectivity index (χ4n) is 8.94. The van der Waals surface area contributed by atoms with E-state index in [0.29, 0.717) is 17.4 Å². The van der Waals surface area contributed by atoms with E-state index >= 15 is 0 Å². The van der Waals surface area contributed by atoms with Crippen LogP contribution < -0.4 is 9.62 Å². The predicted molar refractivity (Wildman–Crippen MR) is 181 cm³/mol. The van der Waals surface area contributed by atoms with E-state index in [2.05, 4.69) is 66.9 Å². The van der Waals surface area contributed by atoms with Gasteiger partial charge in [-0.05, 0) is 109 Å². The molecule has 44 heavy (non-hydrogen) atoms. The van der Waals surface area contributed by atoms with E-state index in [1.54, 1.807) is 12.1 Å². The first-order chi connectivity index (χ1) is 21.1. The largest absolute Gasteiger partial charge is 0.369 e. The first kappa shape index (κ1) is 30.3. The van der Waals surface area contributed by atoms with Crippen molar-refractivity contribution in [2.75, 3.05) is 36.8 Å². The summed E-state index contributed by atoms with van der Waals surface area (Å²) in [7, 11) is -3.75. The quantitative estimate of drug-likeness (QED) is 0.254. The molecule has 5 fully saturated rings. The number of nitrogens with one attached hydrogen (secondary N) is 1. The van der Waals surface area contributed by atoms with Gasteiger partial charge in [-0.1, -0.05) is 63.9 Å². The second kappa shape index (κ2) is 11.8. The zero-order valence-electron chi connectivity index (χ0n) is 24.9. The standard InChI is InChI=1S/C35H39BrClN3O3S/c36-35-20-25-17-26(21-35)19-34(18-25,23-35)24-44(42,43)38-33(41)28-7-11-31(12-8-28)40-15-13-39(14-16-40)22-29-3-1-2-4-32(29)27-5-9-30(37)10-6-27/h1-12,25-26H,13-24H2,(H,38,41). The van der Waals surface area contributed by atoms with Crippen molar-refractivity contribution >= 4 is 49.1 Å². The molecule has 8 rings (SSSR count). The molecule has 4 bridgehead atoms. The Morgan fingerprint density at radius 1 is 0.886 bits per heavy atom. The third-order valence-corrected chi connectivity index (χ3v) is 13.0. The lowest BCUT2D eigenvalue weighted by molar-refractivity contribution is -0.0206. The molecule has 9 heteroatoms. The number of alkyl halides is 1. The van der Waals surface area contributed by atoms with Gasteiger partial charge in [-0.2, -0.15) is 0 Å². The van der Waals surface area contributed by atoms with E-state index < -0.39 is 15.9 Å². The van der Waals surface area contributed by atoms with Crippen LogP contribution in [-0.2, 0) is 16.6 Å². The summed E-state index contributed by atoms with van der Waals surface area (Å²) in [6.07, 6.45) is 6.33. The van der Waals surface area contributed by atoms with Gasteiger partial charge >= 0.3 is 0 Å². The summed E-state index contributed by atoms with van der Waals surface area (Å²) in [6, 6.07) is 23.9. The number of carbonyl (C=O) groups is 1. The van der Waals surface area contributed by atoms with Gasteiger partial charge < -0.3 is 4.90 Å². The molecule has 0 spiro atoms. The number of carbonyl (C=O) groups excluding carboxylic acids is 1. The van der Waals surface area contributed by atoms with Crippen LogP contribution in [0.5, 0.6) is 0 Å². The lowest BCUT2D eigenvalue weighted by atomic mass is 9.50. The Labute approximate surface area is 274 Å². The number of piperazine rings is 1. The van der Waals surface area contributed by atoms with Crippen molar-refractivity contribution in [3.05, 3.63) is 88.9 Å². The minimum Gasteiger partial charge on any atom is -0.369 e. The highest BCUT2D eigenvalue weighted by Gasteiger charge is 2.57. The maximum absolute atomic E-state index is 13.2. The fraction of sp³-hybridized carbons (Fsp3) is 0.457. The molecule has 0 radical (unpaired) electrons. The number of nitrogens with zero attached hydrogens (tertiary/aromatic N) is 2. The molecule has 0 aromatic heterocycles. The van der Waals surface area contributed by atoms with Crippen LogP contribution in [0.15, 0.2) is 72.8 Å².